The van der Waals surface area contributed by atoms with Crippen molar-refractivity contribution in [3.63, 3.8) is 0 Å². The van der Waals surface area contributed by atoms with Gasteiger partial charge >= 0.3 is 0 Å². The number of nitrogens with one attached hydrogen (secondary N) is 1. The Morgan fingerprint density at radius 3 is 2.71 bits per heavy atom. The first-order valence-electron chi connectivity index (χ1n) is 6.01. The molecule has 0 bridgehead atoms. The second-order valence-corrected chi connectivity index (χ2v) is 4.17. The van der Waals surface area contributed by atoms with Crippen molar-refractivity contribution in [3.8, 4) is 0 Å². The minimum Gasteiger partial charge on any atom is -0.383 e. The lowest BCUT2D eigenvalue weighted by molar-refractivity contribution is 0.199. The molecule has 0 unspecified atom stereocenters. The van der Waals surface area contributed by atoms with Gasteiger partial charge in [-0.3, -0.25) is 4.79 Å². The van der Waals surface area contributed by atoms with Crippen LogP contribution in [0.3, 0.4) is 0 Å². The van der Waals surface area contributed by atoms with Crippen LogP contribution in [0.1, 0.15) is 23.7 Å². The molecule has 0 saturated heterocycles. The number of methoxy groups -OCH3 is 1. The summed E-state index contributed by atoms with van der Waals surface area (Å²) in [6.07, 6.45) is 0. The summed E-state index contributed by atoms with van der Waals surface area (Å²) >= 11 is 0. The van der Waals surface area contributed by atoms with E-state index in [9.17, 15) is 4.79 Å². The standard InChI is InChI=1S/C13H22N2O2/c1-5-15-11(3)8-10(2)12(13(15)16)9-14-6-7-17-4/h8,14H,5-7,9H2,1-4H3. The first-order valence-corrected chi connectivity index (χ1v) is 6.01. The number of aromatic nitrogens is 1. The van der Waals surface area contributed by atoms with Gasteiger partial charge < -0.3 is 14.6 Å². The SMILES string of the molecule is CCn1c(C)cc(C)c(CNCCOC)c1=O. The molecule has 96 valence electrons. The van der Waals surface area contributed by atoms with E-state index in [1.54, 1.807) is 11.7 Å². The normalized spacial score (nSPS) is 10.8. The van der Waals surface area contributed by atoms with Crippen molar-refractivity contribution in [1.82, 2.24) is 9.88 Å². The molecule has 0 amide bonds. The molecule has 1 rings (SSSR count). The minimum atomic E-state index is 0.120. The number of pyridine rings is 1. The van der Waals surface area contributed by atoms with Crippen LogP contribution in [0, 0.1) is 13.8 Å². The van der Waals surface area contributed by atoms with E-state index in [1.807, 2.05) is 20.8 Å². The van der Waals surface area contributed by atoms with E-state index in [0.29, 0.717) is 13.2 Å². The lowest BCUT2D eigenvalue weighted by atomic mass is 10.1. The number of hydrogen-bond donors (Lipinski definition) is 1. The van der Waals surface area contributed by atoms with Crippen LogP contribution in [0.5, 0.6) is 0 Å². The first kappa shape index (κ1) is 13.9. The second kappa shape index (κ2) is 6.57. The molecule has 17 heavy (non-hydrogen) atoms. The molecule has 1 aromatic rings. The molecule has 4 heteroatoms. The van der Waals surface area contributed by atoms with E-state index in [0.717, 1.165) is 29.9 Å². The number of hydrogen-bond acceptors (Lipinski definition) is 3. The summed E-state index contributed by atoms with van der Waals surface area (Å²) in [6.45, 7) is 8.69. The summed E-state index contributed by atoms with van der Waals surface area (Å²) in [5.41, 5.74) is 3.06. The van der Waals surface area contributed by atoms with E-state index in [-0.39, 0.29) is 5.56 Å². The van der Waals surface area contributed by atoms with E-state index in [2.05, 4.69) is 11.4 Å². The maximum Gasteiger partial charge on any atom is 0.255 e. The summed E-state index contributed by atoms with van der Waals surface area (Å²) in [7, 11) is 1.67. The molecule has 0 spiro atoms. The Kier molecular flexibility index (Phi) is 5.38. The zero-order valence-corrected chi connectivity index (χ0v) is 11.2. The van der Waals surface area contributed by atoms with Crippen molar-refractivity contribution in [2.24, 2.45) is 0 Å². The highest BCUT2D eigenvalue weighted by Gasteiger charge is 2.08. The molecule has 0 saturated carbocycles. The van der Waals surface area contributed by atoms with Gasteiger partial charge in [-0.1, -0.05) is 0 Å². The van der Waals surface area contributed by atoms with Gasteiger partial charge in [0.1, 0.15) is 0 Å². The Bertz CT molecular complexity index is 424. The fourth-order valence-corrected chi connectivity index (χ4v) is 1.97. The number of nitrogens with zero attached hydrogens (tertiary/aromatic N) is 1. The van der Waals surface area contributed by atoms with E-state index in [4.69, 9.17) is 4.74 Å². The summed E-state index contributed by atoms with van der Waals surface area (Å²) in [5, 5.41) is 3.22. The quantitative estimate of drug-likeness (QED) is 0.758. The third kappa shape index (κ3) is 3.41. The summed E-state index contributed by atoms with van der Waals surface area (Å²) in [5.74, 6) is 0. The average molecular weight is 238 g/mol. The Labute approximate surface area is 103 Å². The van der Waals surface area contributed by atoms with E-state index < -0.39 is 0 Å². The fourth-order valence-electron chi connectivity index (χ4n) is 1.97. The van der Waals surface area contributed by atoms with Crippen LogP contribution in [0.4, 0.5) is 0 Å². The summed E-state index contributed by atoms with van der Waals surface area (Å²) in [6, 6.07) is 2.07. The highest BCUT2D eigenvalue weighted by Crippen LogP contribution is 2.06. The van der Waals surface area contributed by atoms with Gasteiger partial charge in [-0.25, -0.2) is 0 Å². The van der Waals surface area contributed by atoms with Gasteiger partial charge in [0.15, 0.2) is 0 Å². The highest BCUT2D eigenvalue weighted by atomic mass is 16.5. The molecule has 4 nitrogen and oxygen atoms in total. The average Bonchev–Trinajstić information content (AvgIpc) is 2.28. The van der Waals surface area contributed by atoms with E-state index >= 15 is 0 Å². The van der Waals surface area contributed by atoms with Crippen molar-refractivity contribution >= 4 is 0 Å². The predicted octanol–water partition coefficient (Wildman–Crippen LogP) is 1.22. The van der Waals surface area contributed by atoms with Crippen molar-refractivity contribution in [2.45, 2.75) is 33.9 Å². The molecule has 0 aliphatic carbocycles. The van der Waals surface area contributed by atoms with Crippen molar-refractivity contribution < 1.29 is 4.74 Å². The zero-order chi connectivity index (χ0) is 12.8. The highest BCUT2D eigenvalue weighted by molar-refractivity contribution is 5.26. The van der Waals surface area contributed by atoms with Crippen molar-refractivity contribution in [3.05, 3.63) is 33.2 Å². The monoisotopic (exact) mass is 238 g/mol. The Balaban J connectivity index is 2.88. The van der Waals surface area contributed by atoms with Gasteiger partial charge in [-0.05, 0) is 32.4 Å². The Morgan fingerprint density at radius 1 is 1.41 bits per heavy atom. The van der Waals surface area contributed by atoms with Crippen LogP contribution < -0.4 is 10.9 Å². The first-order chi connectivity index (χ1) is 8.11. The van der Waals surface area contributed by atoms with Gasteiger partial charge in [0.2, 0.25) is 0 Å². The van der Waals surface area contributed by atoms with Crippen LogP contribution in [0.2, 0.25) is 0 Å². The molecule has 1 N–H and O–H groups in total. The molecule has 0 aromatic carbocycles. The molecule has 0 aliphatic rings. The third-order valence-electron chi connectivity index (χ3n) is 2.93. The smallest absolute Gasteiger partial charge is 0.255 e. The molecule has 0 aliphatic heterocycles. The van der Waals surface area contributed by atoms with Crippen LogP contribution in [0.25, 0.3) is 0 Å². The third-order valence-corrected chi connectivity index (χ3v) is 2.93. The molecule has 1 heterocycles. The van der Waals surface area contributed by atoms with Crippen LogP contribution in [0.15, 0.2) is 10.9 Å². The predicted molar refractivity (Wildman–Crippen MR) is 69.4 cm³/mol. The number of ether oxygens (including phenoxy) is 1. The maximum atomic E-state index is 12.2. The lowest BCUT2D eigenvalue weighted by Gasteiger charge is -2.13. The summed E-state index contributed by atoms with van der Waals surface area (Å²) in [4.78, 5) is 12.2. The van der Waals surface area contributed by atoms with Crippen LogP contribution in [-0.2, 0) is 17.8 Å². The molecule has 0 atom stereocenters. The molecule has 0 fully saturated rings. The van der Waals surface area contributed by atoms with Gasteiger partial charge in [0.25, 0.3) is 5.56 Å². The van der Waals surface area contributed by atoms with Crippen LogP contribution >= 0.6 is 0 Å². The van der Waals surface area contributed by atoms with Gasteiger partial charge in [-0.15, -0.1) is 0 Å². The van der Waals surface area contributed by atoms with Gasteiger partial charge in [0, 0.05) is 38.0 Å². The maximum absolute atomic E-state index is 12.2. The topological polar surface area (TPSA) is 43.3 Å². The molecule has 1 aromatic heterocycles. The molecule has 0 radical (unpaired) electrons. The number of aryl methyl sites for hydroxylation is 2. The Hall–Kier alpha value is -1.13. The van der Waals surface area contributed by atoms with E-state index in [1.165, 1.54) is 0 Å². The zero-order valence-electron chi connectivity index (χ0n) is 11.2. The van der Waals surface area contributed by atoms with Gasteiger partial charge in [-0.2, -0.15) is 0 Å². The second-order valence-electron chi connectivity index (χ2n) is 4.17. The molecular formula is C13H22N2O2. The lowest BCUT2D eigenvalue weighted by Crippen LogP contribution is -2.30. The summed E-state index contributed by atoms with van der Waals surface area (Å²) < 4.78 is 6.76. The van der Waals surface area contributed by atoms with Crippen molar-refractivity contribution in [2.75, 3.05) is 20.3 Å². The number of rotatable bonds is 6. The fraction of sp³-hybridized carbons (Fsp3) is 0.615. The minimum absolute atomic E-state index is 0.120. The largest absolute Gasteiger partial charge is 0.383 e. The van der Waals surface area contributed by atoms with Gasteiger partial charge in [0.05, 0.1) is 6.61 Å². The van der Waals surface area contributed by atoms with Crippen molar-refractivity contribution in [1.29, 1.82) is 0 Å². The molecular weight excluding hydrogens is 216 g/mol. The Morgan fingerprint density at radius 2 is 2.12 bits per heavy atom. The van der Waals surface area contributed by atoms with Crippen LogP contribution in [-0.4, -0.2) is 24.8 Å².